The van der Waals surface area contributed by atoms with Crippen LogP contribution in [0.2, 0.25) is 5.02 Å². The van der Waals surface area contributed by atoms with E-state index >= 15 is 0 Å². The van der Waals surface area contributed by atoms with E-state index in [9.17, 15) is 0 Å². The smallest absolute Gasteiger partial charge is 0.136 e. The minimum Gasteiger partial charge on any atom is -0.353 e. The summed E-state index contributed by atoms with van der Waals surface area (Å²) in [5.74, 6) is 1.09. The molecule has 0 radical (unpaired) electrons. The lowest BCUT2D eigenvalue weighted by molar-refractivity contribution is 0.230. The van der Waals surface area contributed by atoms with Crippen molar-refractivity contribution >= 4 is 28.2 Å². The SMILES string of the molecule is Clc1ccc2ccnc(N3CCN4CCC[C@H]4C3)c2c1. The molecule has 0 saturated carbocycles. The van der Waals surface area contributed by atoms with Gasteiger partial charge in [0, 0.05) is 42.3 Å². The maximum atomic E-state index is 6.16. The van der Waals surface area contributed by atoms with Crippen LogP contribution in [0.3, 0.4) is 0 Å². The quantitative estimate of drug-likeness (QED) is 0.803. The summed E-state index contributed by atoms with van der Waals surface area (Å²) in [7, 11) is 0. The van der Waals surface area contributed by atoms with Crippen molar-refractivity contribution in [2.24, 2.45) is 0 Å². The number of aromatic nitrogens is 1. The first-order valence-corrected chi connectivity index (χ1v) is 7.72. The molecule has 1 aromatic heterocycles. The van der Waals surface area contributed by atoms with Gasteiger partial charge in [-0.05, 0) is 43.0 Å². The number of halogens is 1. The van der Waals surface area contributed by atoms with Crippen molar-refractivity contribution in [1.29, 1.82) is 0 Å². The van der Waals surface area contributed by atoms with Crippen LogP contribution in [0.15, 0.2) is 30.5 Å². The van der Waals surface area contributed by atoms with Crippen molar-refractivity contribution in [2.45, 2.75) is 18.9 Å². The molecule has 2 aliphatic heterocycles. The van der Waals surface area contributed by atoms with Crippen molar-refractivity contribution in [2.75, 3.05) is 31.1 Å². The van der Waals surface area contributed by atoms with Crippen LogP contribution < -0.4 is 4.90 Å². The number of piperazine rings is 1. The second-order valence-corrected chi connectivity index (χ2v) is 6.21. The average Bonchev–Trinajstić information content (AvgIpc) is 2.94. The Hall–Kier alpha value is -1.32. The van der Waals surface area contributed by atoms with Crippen LogP contribution in [-0.4, -0.2) is 42.1 Å². The largest absolute Gasteiger partial charge is 0.353 e. The maximum Gasteiger partial charge on any atom is 0.136 e. The fourth-order valence-corrected chi connectivity index (χ4v) is 3.73. The zero-order valence-electron chi connectivity index (χ0n) is 11.4. The summed E-state index contributed by atoms with van der Waals surface area (Å²) >= 11 is 6.16. The van der Waals surface area contributed by atoms with E-state index in [1.165, 1.54) is 30.2 Å². The molecule has 0 spiro atoms. The van der Waals surface area contributed by atoms with Crippen molar-refractivity contribution in [1.82, 2.24) is 9.88 Å². The number of anilines is 1. The Kier molecular flexibility index (Phi) is 3.04. The zero-order valence-corrected chi connectivity index (χ0v) is 12.2. The summed E-state index contributed by atoms with van der Waals surface area (Å²) in [6.07, 6.45) is 4.57. The van der Waals surface area contributed by atoms with Crippen LogP contribution in [0, 0.1) is 0 Å². The Labute approximate surface area is 124 Å². The molecule has 3 heterocycles. The summed E-state index contributed by atoms with van der Waals surface area (Å²) in [5, 5.41) is 3.17. The Morgan fingerprint density at radius 2 is 2.10 bits per heavy atom. The van der Waals surface area contributed by atoms with Crippen LogP contribution in [0.4, 0.5) is 5.82 Å². The third-order valence-electron chi connectivity index (χ3n) is 4.59. The topological polar surface area (TPSA) is 19.4 Å². The predicted octanol–water partition coefficient (Wildman–Crippen LogP) is 3.17. The van der Waals surface area contributed by atoms with Gasteiger partial charge in [0.1, 0.15) is 5.82 Å². The number of fused-ring (bicyclic) bond motifs is 2. The van der Waals surface area contributed by atoms with Gasteiger partial charge in [-0.3, -0.25) is 4.90 Å². The molecule has 1 atom stereocenters. The highest BCUT2D eigenvalue weighted by molar-refractivity contribution is 6.31. The van der Waals surface area contributed by atoms with Gasteiger partial charge in [0.15, 0.2) is 0 Å². The summed E-state index contributed by atoms with van der Waals surface area (Å²) in [6, 6.07) is 8.83. The molecule has 2 aromatic rings. The molecular formula is C16H18ClN3. The third kappa shape index (κ3) is 2.05. The molecule has 0 bridgehead atoms. The van der Waals surface area contributed by atoms with Gasteiger partial charge in [-0.25, -0.2) is 4.98 Å². The number of hydrogen-bond acceptors (Lipinski definition) is 3. The van der Waals surface area contributed by atoms with Crippen LogP contribution >= 0.6 is 11.6 Å². The molecule has 20 heavy (non-hydrogen) atoms. The second-order valence-electron chi connectivity index (χ2n) is 5.78. The van der Waals surface area contributed by atoms with Gasteiger partial charge in [0.25, 0.3) is 0 Å². The van der Waals surface area contributed by atoms with E-state index in [2.05, 4.69) is 26.9 Å². The van der Waals surface area contributed by atoms with Crippen LogP contribution in [-0.2, 0) is 0 Å². The van der Waals surface area contributed by atoms with Gasteiger partial charge in [0.2, 0.25) is 0 Å². The molecular weight excluding hydrogens is 270 g/mol. The van der Waals surface area contributed by atoms with Gasteiger partial charge >= 0.3 is 0 Å². The Balaban J connectivity index is 1.73. The lowest BCUT2D eigenvalue weighted by Crippen LogP contribution is -2.50. The van der Waals surface area contributed by atoms with Gasteiger partial charge < -0.3 is 4.90 Å². The average molecular weight is 288 g/mol. The number of nitrogens with zero attached hydrogens (tertiary/aromatic N) is 3. The van der Waals surface area contributed by atoms with Gasteiger partial charge in [-0.2, -0.15) is 0 Å². The highest BCUT2D eigenvalue weighted by Gasteiger charge is 2.31. The van der Waals surface area contributed by atoms with Crippen LogP contribution in [0.25, 0.3) is 10.8 Å². The Bertz CT molecular complexity index is 643. The van der Waals surface area contributed by atoms with Crippen molar-refractivity contribution in [3.63, 3.8) is 0 Å². The van der Waals surface area contributed by atoms with Crippen molar-refractivity contribution < 1.29 is 0 Å². The summed E-state index contributed by atoms with van der Waals surface area (Å²) in [6.45, 7) is 4.59. The lowest BCUT2D eigenvalue weighted by atomic mass is 10.1. The second kappa shape index (κ2) is 4.90. The fraction of sp³-hybridized carbons (Fsp3) is 0.438. The first-order chi connectivity index (χ1) is 9.81. The lowest BCUT2D eigenvalue weighted by Gasteiger charge is -2.38. The highest BCUT2D eigenvalue weighted by atomic mass is 35.5. The maximum absolute atomic E-state index is 6.16. The van der Waals surface area contributed by atoms with Crippen molar-refractivity contribution in [3.8, 4) is 0 Å². The molecule has 4 heteroatoms. The van der Waals surface area contributed by atoms with E-state index in [0.29, 0.717) is 6.04 Å². The van der Waals surface area contributed by atoms with E-state index < -0.39 is 0 Å². The molecule has 0 aliphatic carbocycles. The van der Waals surface area contributed by atoms with E-state index in [-0.39, 0.29) is 0 Å². The molecule has 0 unspecified atom stereocenters. The summed E-state index contributed by atoms with van der Waals surface area (Å²) < 4.78 is 0. The van der Waals surface area contributed by atoms with Crippen molar-refractivity contribution in [3.05, 3.63) is 35.5 Å². The predicted molar refractivity (Wildman–Crippen MR) is 83.6 cm³/mol. The normalized spacial score (nSPS) is 23.2. The number of hydrogen-bond donors (Lipinski definition) is 0. The fourth-order valence-electron chi connectivity index (χ4n) is 3.56. The van der Waals surface area contributed by atoms with E-state index in [0.717, 1.165) is 30.5 Å². The first-order valence-electron chi connectivity index (χ1n) is 7.34. The van der Waals surface area contributed by atoms with E-state index in [1.54, 1.807) is 0 Å². The number of benzene rings is 1. The van der Waals surface area contributed by atoms with Crippen LogP contribution in [0.5, 0.6) is 0 Å². The molecule has 3 nitrogen and oxygen atoms in total. The van der Waals surface area contributed by atoms with E-state index in [1.807, 2.05) is 18.3 Å². The summed E-state index contributed by atoms with van der Waals surface area (Å²) in [5.41, 5.74) is 0. The number of pyridine rings is 1. The monoisotopic (exact) mass is 287 g/mol. The molecule has 1 aromatic carbocycles. The first kappa shape index (κ1) is 12.4. The molecule has 104 valence electrons. The molecule has 0 amide bonds. The molecule has 4 rings (SSSR count). The Morgan fingerprint density at radius 3 is 3.05 bits per heavy atom. The molecule has 2 saturated heterocycles. The zero-order chi connectivity index (χ0) is 13.5. The Morgan fingerprint density at radius 1 is 1.15 bits per heavy atom. The third-order valence-corrected chi connectivity index (χ3v) is 4.83. The molecule has 2 fully saturated rings. The highest BCUT2D eigenvalue weighted by Crippen LogP contribution is 2.30. The van der Waals surface area contributed by atoms with Gasteiger partial charge in [-0.15, -0.1) is 0 Å². The molecule has 2 aliphatic rings. The standard InChI is InChI=1S/C16H18ClN3/c17-13-4-3-12-5-6-18-16(15(12)10-13)20-9-8-19-7-1-2-14(19)11-20/h3-6,10,14H,1-2,7-9,11H2/t14-/m0/s1. The van der Waals surface area contributed by atoms with Gasteiger partial charge in [0.05, 0.1) is 0 Å². The minimum absolute atomic E-state index is 0.708. The number of rotatable bonds is 1. The van der Waals surface area contributed by atoms with Crippen LogP contribution in [0.1, 0.15) is 12.8 Å². The van der Waals surface area contributed by atoms with E-state index in [4.69, 9.17) is 11.6 Å². The summed E-state index contributed by atoms with van der Waals surface area (Å²) in [4.78, 5) is 9.69. The minimum atomic E-state index is 0.708. The molecule has 0 N–H and O–H groups in total. The van der Waals surface area contributed by atoms with Gasteiger partial charge in [-0.1, -0.05) is 17.7 Å².